The van der Waals surface area contributed by atoms with Crippen LogP contribution in [0.15, 0.2) is 43.0 Å². The summed E-state index contributed by atoms with van der Waals surface area (Å²) in [7, 11) is 0. The number of benzene rings is 1. The molecule has 0 bridgehead atoms. The molecule has 0 radical (unpaired) electrons. The molecule has 17 heavy (non-hydrogen) atoms. The number of hydrogen-bond acceptors (Lipinski definition) is 4. The molecule has 4 nitrogen and oxygen atoms in total. The lowest BCUT2D eigenvalue weighted by Crippen LogP contribution is -2.02. The first-order valence-corrected chi connectivity index (χ1v) is 4.89. The number of allylic oxidation sites excluding steroid dienone is 1. The van der Waals surface area contributed by atoms with Crippen LogP contribution in [-0.2, 0) is 9.59 Å². The molecule has 0 atom stereocenters. The molecule has 0 saturated carbocycles. The lowest BCUT2D eigenvalue weighted by atomic mass is 10.1. The molecule has 88 valence electrons. The van der Waals surface area contributed by atoms with Crippen LogP contribution < -0.4 is 4.74 Å². The van der Waals surface area contributed by atoms with E-state index in [0.717, 1.165) is 12.2 Å². The number of carbonyl (C=O) groups is 2. The average molecular weight is 232 g/mol. The van der Waals surface area contributed by atoms with Crippen molar-refractivity contribution in [3.8, 4) is 5.75 Å². The van der Waals surface area contributed by atoms with Crippen LogP contribution in [0.5, 0.6) is 5.75 Å². The Kier molecular flexibility index (Phi) is 4.22. The Labute approximate surface area is 98.8 Å². The lowest BCUT2D eigenvalue weighted by molar-refractivity contribution is -0.129. The van der Waals surface area contributed by atoms with Gasteiger partial charge in [-0.3, -0.25) is 4.79 Å². The summed E-state index contributed by atoms with van der Waals surface area (Å²) in [5.41, 5.74) is 0.471. The van der Waals surface area contributed by atoms with E-state index >= 15 is 0 Å². The topological polar surface area (TPSA) is 63.6 Å². The summed E-state index contributed by atoms with van der Waals surface area (Å²) in [5, 5.41) is 9.53. The van der Waals surface area contributed by atoms with E-state index in [9.17, 15) is 14.7 Å². The van der Waals surface area contributed by atoms with Crippen LogP contribution in [0.25, 0.3) is 5.76 Å². The van der Waals surface area contributed by atoms with E-state index in [4.69, 9.17) is 4.74 Å². The van der Waals surface area contributed by atoms with E-state index in [-0.39, 0.29) is 11.5 Å². The first-order chi connectivity index (χ1) is 8.02. The Morgan fingerprint density at radius 1 is 1.29 bits per heavy atom. The molecule has 0 amide bonds. The predicted molar refractivity (Wildman–Crippen MR) is 63.6 cm³/mol. The molecule has 0 unspecified atom stereocenters. The summed E-state index contributed by atoms with van der Waals surface area (Å²) >= 11 is 0. The van der Waals surface area contributed by atoms with Gasteiger partial charge in [-0.15, -0.1) is 0 Å². The van der Waals surface area contributed by atoms with E-state index in [1.54, 1.807) is 12.1 Å². The van der Waals surface area contributed by atoms with Gasteiger partial charge >= 0.3 is 5.97 Å². The fourth-order valence-electron chi connectivity index (χ4n) is 1.13. The van der Waals surface area contributed by atoms with Gasteiger partial charge in [0.25, 0.3) is 0 Å². The van der Waals surface area contributed by atoms with Crippen molar-refractivity contribution in [3.05, 3.63) is 48.6 Å². The maximum atomic E-state index is 10.9. The standard InChI is InChI=1S/C13H12O4/c1-3-13(16)17-11-6-4-10(5-7-11)12(15)8-9(2)14/h3-8,15H,1H2,2H3. The quantitative estimate of drug-likeness (QED) is 0.374. The SMILES string of the molecule is C=CC(=O)Oc1ccc(C(O)=CC(C)=O)cc1. The van der Waals surface area contributed by atoms with Gasteiger partial charge in [0.1, 0.15) is 11.5 Å². The zero-order valence-corrected chi connectivity index (χ0v) is 9.34. The van der Waals surface area contributed by atoms with Crippen LogP contribution in [0.3, 0.4) is 0 Å². The molecule has 0 spiro atoms. The fraction of sp³-hybridized carbons (Fsp3) is 0.0769. The van der Waals surface area contributed by atoms with Crippen molar-refractivity contribution in [2.45, 2.75) is 6.92 Å². The van der Waals surface area contributed by atoms with Gasteiger partial charge in [-0.25, -0.2) is 4.79 Å². The number of aliphatic hydroxyl groups excluding tert-OH is 1. The second kappa shape index (κ2) is 5.65. The van der Waals surface area contributed by atoms with Gasteiger partial charge < -0.3 is 9.84 Å². The average Bonchev–Trinajstić information content (AvgIpc) is 2.28. The smallest absolute Gasteiger partial charge is 0.335 e. The first-order valence-electron chi connectivity index (χ1n) is 4.89. The maximum absolute atomic E-state index is 10.9. The van der Waals surface area contributed by atoms with Crippen molar-refractivity contribution < 1.29 is 19.4 Å². The predicted octanol–water partition coefficient (Wildman–Crippen LogP) is 2.27. The Morgan fingerprint density at radius 2 is 1.88 bits per heavy atom. The van der Waals surface area contributed by atoms with E-state index < -0.39 is 5.97 Å². The van der Waals surface area contributed by atoms with Crippen molar-refractivity contribution in [3.63, 3.8) is 0 Å². The molecule has 4 heteroatoms. The molecule has 1 aromatic carbocycles. The van der Waals surface area contributed by atoms with Crippen molar-refractivity contribution in [1.82, 2.24) is 0 Å². The fourth-order valence-corrected chi connectivity index (χ4v) is 1.13. The third-order valence-corrected chi connectivity index (χ3v) is 1.88. The van der Waals surface area contributed by atoms with Crippen LogP contribution >= 0.6 is 0 Å². The molecule has 0 fully saturated rings. The summed E-state index contributed by atoms with van der Waals surface area (Å²) in [5.74, 6) is -0.584. The second-order valence-corrected chi connectivity index (χ2v) is 3.29. The van der Waals surface area contributed by atoms with Crippen LogP contribution in [0.4, 0.5) is 0 Å². The molecule has 1 rings (SSSR count). The maximum Gasteiger partial charge on any atom is 0.335 e. The van der Waals surface area contributed by atoms with Gasteiger partial charge in [0, 0.05) is 17.7 Å². The summed E-state index contributed by atoms with van der Waals surface area (Å²) < 4.78 is 4.85. The molecular weight excluding hydrogens is 220 g/mol. The number of rotatable bonds is 4. The number of hydrogen-bond donors (Lipinski definition) is 1. The highest BCUT2D eigenvalue weighted by atomic mass is 16.5. The van der Waals surface area contributed by atoms with E-state index in [2.05, 4.69) is 6.58 Å². The minimum absolute atomic E-state index is 0.126. The van der Waals surface area contributed by atoms with E-state index in [1.807, 2.05) is 0 Å². The Bertz CT molecular complexity index is 469. The zero-order chi connectivity index (χ0) is 12.8. The van der Waals surface area contributed by atoms with Crippen LogP contribution in [0, 0.1) is 0 Å². The van der Waals surface area contributed by atoms with Gasteiger partial charge in [0.15, 0.2) is 5.78 Å². The van der Waals surface area contributed by atoms with Gasteiger partial charge in [-0.05, 0) is 31.2 Å². The molecule has 1 aromatic rings. The highest BCUT2D eigenvalue weighted by Gasteiger charge is 2.03. The van der Waals surface area contributed by atoms with Gasteiger partial charge in [-0.2, -0.15) is 0 Å². The Hall–Kier alpha value is -2.36. The molecule has 0 aliphatic rings. The van der Waals surface area contributed by atoms with Crippen molar-refractivity contribution in [1.29, 1.82) is 0 Å². The van der Waals surface area contributed by atoms with E-state index in [1.165, 1.54) is 19.1 Å². The van der Waals surface area contributed by atoms with Gasteiger partial charge in [0.2, 0.25) is 0 Å². The molecule has 0 saturated heterocycles. The Balaban J connectivity index is 2.84. The molecular formula is C13H12O4. The molecule has 1 N–H and O–H groups in total. The number of carbonyl (C=O) groups excluding carboxylic acids is 2. The van der Waals surface area contributed by atoms with Crippen molar-refractivity contribution in [2.75, 3.05) is 0 Å². The molecule has 0 aliphatic heterocycles. The number of esters is 1. The second-order valence-electron chi connectivity index (χ2n) is 3.29. The van der Waals surface area contributed by atoms with Crippen LogP contribution in [0.2, 0.25) is 0 Å². The lowest BCUT2D eigenvalue weighted by Gasteiger charge is -2.03. The highest BCUT2D eigenvalue weighted by Crippen LogP contribution is 2.17. The summed E-state index contributed by atoms with van der Waals surface area (Å²) in [4.78, 5) is 21.7. The normalized spacial score (nSPS) is 10.8. The van der Waals surface area contributed by atoms with Gasteiger partial charge in [-0.1, -0.05) is 6.58 Å². The van der Waals surface area contributed by atoms with Crippen molar-refractivity contribution in [2.24, 2.45) is 0 Å². The first kappa shape index (κ1) is 12.7. The minimum Gasteiger partial charge on any atom is -0.507 e. The zero-order valence-electron chi connectivity index (χ0n) is 9.34. The molecule has 0 heterocycles. The third-order valence-electron chi connectivity index (χ3n) is 1.88. The largest absolute Gasteiger partial charge is 0.507 e. The monoisotopic (exact) mass is 232 g/mol. The number of ether oxygens (including phenoxy) is 1. The summed E-state index contributed by atoms with van der Waals surface area (Å²) in [6.45, 7) is 4.62. The van der Waals surface area contributed by atoms with Crippen molar-refractivity contribution >= 4 is 17.5 Å². The highest BCUT2D eigenvalue weighted by molar-refractivity contribution is 5.93. The van der Waals surface area contributed by atoms with Gasteiger partial charge in [0.05, 0.1) is 0 Å². The summed E-state index contributed by atoms with van der Waals surface area (Å²) in [6.07, 6.45) is 2.17. The summed E-state index contributed by atoms with van der Waals surface area (Å²) in [6, 6.07) is 6.11. The third kappa shape index (κ3) is 3.95. The molecule has 0 aliphatic carbocycles. The minimum atomic E-state index is -0.554. The van der Waals surface area contributed by atoms with E-state index in [0.29, 0.717) is 11.3 Å². The number of aliphatic hydroxyl groups is 1. The van der Waals surface area contributed by atoms with Crippen LogP contribution in [0.1, 0.15) is 12.5 Å². The van der Waals surface area contributed by atoms with Crippen LogP contribution in [-0.4, -0.2) is 16.9 Å². The molecule has 0 aromatic heterocycles. The Morgan fingerprint density at radius 3 is 2.35 bits per heavy atom. The number of ketones is 1.